The Labute approximate surface area is 143 Å². The molecule has 0 nitrogen and oxygen atoms in total. The first-order chi connectivity index (χ1) is 8.70. The van der Waals surface area contributed by atoms with Gasteiger partial charge in [-0.15, -0.1) is 0 Å². The fraction of sp³-hybridized carbons (Fsp3) is 0.556. The van der Waals surface area contributed by atoms with Crippen LogP contribution in [0.25, 0.3) is 0 Å². The molecule has 1 fully saturated rings. The predicted molar refractivity (Wildman–Crippen MR) is 77.3 cm³/mol. The number of aryl methyl sites for hydroxylation is 2. The molecule has 1 radical (unpaired) electrons. The predicted octanol–water partition coefficient (Wildman–Crippen LogP) is 4.87. The van der Waals surface area contributed by atoms with Gasteiger partial charge in [0.15, 0.2) is 0 Å². The van der Waals surface area contributed by atoms with Crippen molar-refractivity contribution in [1.82, 2.24) is 0 Å². The number of rotatable bonds is 1. The van der Waals surface area contributed by atoms with Crippen molar-refractivity contribution < 1.29 is 32.7 Å². The van der Waals surface area contributed by atoms with E-state index < -0.39 is 0 Å². The van der Waals surface area contributed by atoms with Crippen LogP contribution in [0.1, 0.15) is 55.2 Å². The van der Waals surface area contributed by atoms with Crippen molar-refractivity contribution in [3.8, 4) is 0 Å². The van der Waals surface area contributed by atoms with Crippen molar-refractivity contribution in [3.05, 3.63) is 47.7 Å². The van der Waals surface area contributed by atoms with E-state index in [1.54, 1.807) is 17.0 Å². The van der Waals surface area contributed by atoms with Crippen molar-refractivity contribution in [1.29, 1.82) is 0 Å². The molecule has 0 bridgehead atoms. The Bertz CT molecular complexity index is 437. The summed E-state index contributed by atoms with van der Waals surface area (Å²) in [6, 6.07) is 7.11. The molecular formula is C18H24Y-2. The second-order valence-corrected chi connectivity index (χ2v) is 6.29. The van der Waals surface area contributed by atoms with Gasteiger partial charge in [0.05, 0.1) is 0 Å². The molecule has 19 heavy (non-hydrogen) atoms. The summed E-state index contributed by atoms with van der Waals surface area (Å²) < 4.78 is 0. The summed E-state index contributed by atoms with van der Waals surface area (Å²) in [6.07, 6.45) is 6.42. The average molecular weight is 329 g/mol. The molecule has 0 aromatic heterocycles. The van der Waals surface area contributed by atoms with Gasteiger partial charge < -0.3 is 12.8 Å². The van der Waals surface area contributed by atoms with Gasteiger partial charge in [-0.2, -0.15) is 19.3 Å². The number of fused-ring (bicyclic) bond motifs is 3. The molecule has 2 aliphatic rings. The zero-order valence-electron chi connectivity index (χ0n) is 12.3. The van der Waals surface area contributed by atoms with E-state index in [0.29, 0.717) is 0 Å². The molecule has 1 saturated carbocycles. The Hall–Kier alpha value is 0.324. The van der Waals surface area contributed by atoms with E-state index >= 15 is 0 Å². The van der Waals surface area contributed by atoms with E-state index in [9.17, 15) is 0 Å². The van der Waals surface area contributed by atoms with E-state index in [1.165, 1.54) is 31.2 Å². The van der Waals surface area contributed by atoms with Crippen LogP contribution in [0.4, 0.5) is 0 Å². The third-order valence-electron chi connectivity index (χ3n) is 5.27. The van der Waals surface area contributed by atoms with E-state index in [4.69, 9.17) is 0 Å². The first-order valence-electron chi connectivity index (χ1n) is 7.41. The molecule has 1 heteroatoms. The molecule has 0 heterocycles. The van der Waals surface area contributed by atoms with Crippen LogP contribution in [0, 0.1) is 31.6 Å². The van der Waals surface area contributed by atoms with Crippen molar-refractivity contribution in [2.45, 2.75) is 51.9 Å². The summed E-state index contributed by atoms with van der Waals surface area (Å²) in [6.45, 7) is 8.77. The van der Waals surface area contributed by atoms with Crippen LogP contribution in [0.3, 0.4) is 0 Å². The van der Waals surface area contributed by atoms with Gasteiger partial charge in [-0.05, 0) is 36.8 Å². The minimum absolute atomic E-state index is 0. The van der Waals surface area contributed by atoms with Gasteiger partial charge in [-0.3, -0.25) is 0 Å². The number of benzene rings is 1. The zero-order chi connectivity index (χ0) is 12.7. The minimum Gasteiger partial charge on any atom is -0.345 e. The number of hydrogen-bond donors (Lipinski definition) is 0. The standard InChI is InChI=1S/C18H24.Y/c1-4-15-13(3)6-9-18-16-8-5-12(2)11-14(16)7-10-17(15)18;/h5,8,11,15,17-18H,1,4,6-7,9-10H2,2-3H3;/q-2;. The van der Waals surface area contributed by atoms with Crippen molar-refractivity contribution in [2.75, 3.05) is 0 Å². The first kappa shape index (κ1) is 15.7. The molecule has 0 spiro atoms. The van der Waals surface area contributed by atoms with Gasteiger partial charge in [0.1, 0.15) is 0 Å². The third-order valence-corrected chi connectivity index (χ3v) is 5.27. The van der Waals surface area contributed by atoms with Gasteiger partial charge in [0, 0.05) is 32.7 Å². The Morgan fingerprint density at radius 2 is 2.11 bits per heavy atom. The van der Waals surface area contributed by atoms with Crippen LogP contribution >= 0.6 is 0 Å². The van der Waals surface area contributed by atoms with Gasteiger partial charge in [-0.1, -0.05) is 36.1 Å². The topological polar surface area (TPSA) is 0 Å². The summed E-state index contributed by atoms with van der Waals surface area (Å²) in [7, 11) is 0. The first-order valence-corrected chi connectivity index (χ1v) is 7.41. The molecule has 3 atom stereocenters. The van der Waals surface area contributed by atoms with Gasteiger partial charge in [0.25, 0.3) is 0 Å². The largest absolute Gasteiger partial charge is 0.345 e. The maximum absolute atomic E-state index is 4.20. The molecule has 2 aliphatic carbocycles. The molecular weight excluding hydrogens is 305 g/mol. The fourth-order valence-corrected chi connectivity index (χ4v) is 4.31. The van der Waals surface area contributed by atoms with Crippen LogP contribution in [-0.4, -0.2) is 0 Å². The van der Waals surface area contributed by atoms with Crippen LogP contribution < -0.4 is 0 Å². The van der Waals surface area contributed by atoms with E-state index in [0.717, 1.165) is 24.2 Å². The molecule has 3 rings (SSSR count). The molecule has 3 unspecified atom stereocenters. The number of hydrogen-bond acceptors (Lipinski definition) is 0. The fourth-order valence-electron chi connectivity index (χ4n) is 4.31. The second-order valence-electron chi connectivity index (χ2n) is 6.29. The summed E-state index contributed by atoms with van der Waals surface area (Å²) in [5, 5.41) is 0. The summed E-state index contributed by atoms with van der Waals surface area (Å²) >= 11 is 0. The quantitative estimate of drug-likeness (QED) is 0.645. The second kappa shape index (κ2) is 6.40. The van der Waals surface area contributed by atoms with Gasteiger partial charge >= 0.3 is 0 Å². The Kier molecular flexibility index (Phi) is 5.29. The van der Waals surface area contributed by atoms with E-state index in [2.05, 4.69) is 39.0 Å². The monoisotopic (exact) mass is 329 g/mol. The Morgan fingerprint density at radius 3 is 2.84 bits per heavy atom. The maximum atomic E-state index is 4.20. The summed E-state index contributed by atoms with van der Waals surface area (Å²) in [5.41, 5.74) is 4.70. The van der Waals surface area contributed by atoms with Gasteiger partial charge in [0.2, 0.25) is 0 Å². The molecule has 1 aromatic carbocycles. The summed E-state index contributed by atoms with van der Waals surface area (Å²) in [5.74, 6) is 4.16. The van der Waals surface area contributed by atoms with Crippen molar-refractivity contribution >= 4 is 0 Å². The Balaban J connectivity index is 0.00000133. The van der Waals surface area contributed by atoms with E-state index in [1.807, 2.05) is 0 Å². The molecule has 1 aromatic rings. The van der Waals surface area contributed by atoms with Gasteiger partial charge in [-0.25, -0.2) is 6.42 Å². The molecule has 0 aliphatic heterocycles. The third kappa shape index (κ3) is 2.86. The molecule has 0 saturated heterocycles. The smallest absolute Gasteiger partial charge is 0 e. The zero-order valence-corrected chi connectivity index (χ0v) is 15.1. The van der Waals surface area contributed by atoms with E-state index in [-0.39, 0.29) is 32.7 Å². The molecule has 0 amide bonds. The van der Waals surface area contributed by atoms with Crippen LogP contribution in [0.15, 0.2) is 18.2 Å². The average Bonchev–Trinajstić information content (AvgIpc) is 2.37. The molecule has 0 N–H and O–H groups in total. The normalized spacial score (nSPS) is 30.2. The van der Waals surface area contributed by atoms with Crippen molar-refractivity contribution in [2.24, 2.45) is 11.8 Å². The minimum atomic E-state index is 0. The summed E-state index contributed by atoms with van der Waals surface area (Å²) in [4.78, 5) is 0. The Morgan fingerprint density at radius 1 is 1.32 bits per heavy atom. The van der Waals surface area contributed by atoms with Crippen LogP contribution in [0.5, 0.6) is 0 Å². The van der Waals surface area contributed by atoms with Crippen molar-refractivity contribution in [3.63, 3.8) is 0 Å². The van der Waals surface area contributed by atoms with Crippen LogP contribution in [-0.2, 0) is 39.1 Å². The molecule has 101 valence electrons. The maximum Gasteiger partial charge on any atom is 0 e. The van der Waals surface area contributed by atoms with Crippen LogP contribution in [0.2, 0.25) is 0 Å². The SMILES string of the molecule is [CH2-]CC1[C-](C)CCC2c3ccc(C)cc3CCC21.[Y].